The zero-order valence-electron chi connectivity index (χ0n) is 7.15. The van der Waals surface area contributed by atoms with Crippen LogP contribution >= 0.6 is 0 Å². The first kappa shape index (κ1) is 9.22. The van der Waals surface area contributed by atoms with Crippen LogP contribution in [0.3, 0.4) is 0 Å². The van der Waals surface area contributed by atoms with Crippen molar-refractivity contribution in [1.82, 2.24) is 0 Å². The van der Waals surface area contributed by atoms with Gasteiger partial charge in [0, 0.05) is 0 Å². The Balaban J connectivity index is 3.80. The van der Waals surface area contributed by atoms with Gasteiger partial charge in [0.15, 0.2) is 0 Å². The van der Waals surface area contributed by atoms with Crippen LogP contribution in [0.2, 0.25) is 0 Å². The van der Waals surface area contributed by atoms with E-state index in [-0.39, 0.29) is 0 Å². The minimum Gasteiger partial charge on any atom is -0.0998 e. The maximum Gasteiger partial charge on any atom is -0.0139 e. The Kier molecular flexibility index (Phi) is 4.65. The summed E-state index contributed by atoms with van der Waals surface area (Å²) in [7, 11) is 0. The quantitative estimate of drug-likeness (QED) is 0.411. The van der Waals surface area contributed by atoms with E-state index in [2.05, 4.69) is 25.7 Å². The summed E-state index contributed by atoms with van der Waals surface area (Å²) < 4.78 is 0. The Labute approximate surface area is 64.0 Å². The van der Waals surface area contributed by atoms with E-state index in [4.69, 9.17) is 0 Å². The molecule has 0 aliphatic carbocycles. The van der Waals surface area contributed by atoms with Gasteiger partial charge < -0.3 is 0 Å². The monoisotopic (exact) mass is 136 g/mol. The molecule has 0 unspecified atom stereocenters. The van der Waals surface area contributed by atoms with Crippen LogP contribution in [0.15, 0.2) is 36.0 Å². The topological polar surface area (TPSA) is 0 Å². The lowest BCUT2D eigenvalue weighted by Gasteiger charge is -1.92. The second-order valence-corrected chi connectivity index (χ2v) is 2.61. The van der Waals surface area contributed by atoms with Crippen LogP contribution in [0.1, 0.15) is 27.2 Å². The lowest BCUT2D eigenvalue weighted by molar-refractivity contribution is 1.20. The molecule has 0 aromatic rings. The van der Waals surface area contributed by atoms with E-state index < -0.39 is 0 Å². The number of hydrogen-bond acceptors (Lipinski definition) is 0. The molecule has 0 rings (SSSR count). The molecule has 0 saturated heterocycles. The predicted octanol–water partition coefficient (Wildman–Crippen LogP) is 3.48. The van der Waals surface area contributed by atoms with Gasteiger partial charge in [-0.15, -0.1) is 0 Å². The SMILES string of the molecule is C=C(C)CC=C(C)C=CC. The molecular weight excluding hydrogens is 120 g/mol. The molecule has 0 N–H and O–H groups in total. The molecule has 10 heavy (non-hydrogen) atoms. The van der Waals surface area contributed by atoms with Crippen molar-refractivity contribution in [2.75, 3.05) is 0 Å². The lowest BCUT2D eigenvalue weighted by atomic mass is 10.2. The van der Waals surface area contributed by atoms with E-state index in [0.29, 0.717) is 0 Å². The largest absolute Gasteiger partial charge is 0.0998 e. The molecule has 0 saturated carbocycles. The van der Waals surface area contributed by atoms with E-state index in [0.717, 1.165) is 6.42 Å². The smallest absolute Gasteiger partial charge is 0.0139 e. The number of hydrogen-bond donors (Lipinski definition) is 0. The average molecular weight is 136 g/mol. The summed E-state index contributed by atoms with van der Waals surface area (Å²) in [5.74, 6) is 0. The van der Waals surface area contributed by atoms with Crippen molar-refractivity contribution < 1.29 is 0 Å². The highest BCUT2D eigenvalue weighted by molar-refractivity contribution is 5.17. The maximum absolute atomic E-state index is 3.82. The lowest BCUT2D eigenvalue weighted by Crippen LogP contribution is -1.71. The van der Waals surface area contributed by atoms with E-state index in [1.807, 2.05) is 19.9 Å². The van der Waals surface area contributed by atoms with Gasteiger partial charge in [0.1, 0.15) is 0 Å². The number of rotatable bonds is 3. The van der Waals surface area contributed by atoms with Crippen LogP contribution in [-0.4, -0.2) is 0 Å². The molecule has 0 aliphatic heterocycles. The Morgan fingerprint density at radius 3 is 2.40 bits per heavy atom. The molecule has 0 nitrogen and oxygen atoms in total. The van der Waals surface area contributed by atoms with Gasteiger partial charge in [0.2, 0.25) is 0 Å². The molecule has 0 spiro atoms. The van der Waals surface area contributed by atoms with Crippen molar-refractivity contribution in [3.63, 3.8) is 0 Å². The molecule has 0 atom stereocenters. The first-order valence-electron chi connectivity index (χ1n) is 3.60. The Hall–Kier alpha value is -0.780. The Morgan fingerprint density at radius 2 is 2.00 bits per heavy atom. The van der Waals surface area contributed by atoms with Gasteiger partial charge in [-0.25, -0.2) is 0 Å². The fourth-order valence-electron chi connectivity index (χ4n) is 0.666. The summed E-state index contributed by atoms with van der Waals surface area (Å²) in [6, 6.07) is 0. The van der Waals surface area contributed by atoms with Crippen molar-refractivity contribution in [2.45, 2.75) is 27.2 Å². The summed E-state index contributed by atoms with van der Waals surface area (Å²) >= 11 is 0. The minimum atomic E-state index is 0.996. The highest BCUT2D eigenvalue weighted by Gasteiger charge is 1.81. The molecule has 0 bridgehead atoms. The molecule has 0 heteroatoms. The van der Waals surface area contributed by atoms with E-state index in [1.165, 1.54) is 11.1 Å². The minimum absolute atomic E-state index is 0.996. The molecule has 0 fully saturated rings. The highest BCUT2D eigenvalue weighted by atomic mass is 13.9. The Bertz CT molecular complexity index is 159. The summed E-state index contributed by atoms with van der Waals surface area (Å²) in [6.45, 7) is 9.99. The third-order valence-electron chi connectivity index (χ3n) is 1.20. The molecule has 0 aliphatic rings. The number of allylic oxidation sites excluding steroid dienone is 5. The van der Waals surface area contributed by atoms with Crippen LogP contribution in [0.5, 0.6) is 0 Å². The maximum atomic E-state index is 3.82. The van der Waals surface area contributed by atoms with Gasteiger partial charge in [-0.2, -0.15) is 0 Å². The highest BCUT2D eigenvalue weighted by Crippen LogP contribution is 2.02. The van der Waals surface area contributed by atoms with Crippen molar-refractivity contribution >= 4 is 0 Å². The summed E-state index contributed by atoms with van der Waals surface area (Å²) in [5, 5.41) is 0. The second-order valence-electron chi connectivity index (χ2n) is 2.61. The molecular formula is C10H16. The van der Waals surface area contributed by atoms with Crippen LogP contribution in [0.4, 0.5) is 0 Å². The predicted molar refractivity (Wildman–Crippen MR) is 48.0 cm³/mol. The molecule has 56 valence electrons. The summed E-state index contributed by atoms with van der Waals surface area (Å²) in [5.41, 5.74) is 2.52. The van der Waals surface area contributed by atoms with Gasteiger partial charge >= 0.3 is 0 Å². The third kappa shape index (κ3) is 5.36. The van der Waals surface area contributed by atoms with Crippen LogP contribution in [-0.2, 0) is 0 Å². The third-order valence-corrected chi connectivity index (χ3v) is 1.20. The van der Waals surface area contributed by atoms with Crippen molar-refractivity contribution in [1.29, 1.82) is 0 Å². The van der Waals surface area contributed by atoms with Gasteiger partial charge in [0.25, 0.3) is 0 Å². The van der Waals surface area contributed by atoms with Crippen LogP contribution in [0.25, 0.3) is 0 Å². The fraction of sp³-hybridized carbons (Fsp3) is 0.400. The molecule has 0 amide bonds. The van der Waals surface area contributed by atoms with E-state index in [9.17, 15) is 0 Å². The zero-order valence-corrected chi connectivity index (χ0v) is 7.15. The van der Waals surface area contributed by atoms with Gasteiger partial charge in [0.05, 0.1) is 0 Å². The normalized spacial score (nSPS) is 12.5. The Morgan fingerprint density at radius 1 is 1.40 bits per heavy atom. The van der Waals surface area contributed by atoms with Gasteiger partial charge in [-0.05, 0) is 27.2 Å². The van der Waals surface area contributed by atoms with Crippen molar-refractivity contribution in [3.05, 3.63) is 36.0 Å². The first-order valence-corrected chi connectivity index (χ1v) is 3.60. The first-order chi connectivity index (χ1) is 4.66. The molecule has 0 radical (unpaired) electrons. The molecule has 0 heterocycles. The standard InChI is InChI=1S/C10H16/c1-5-6-10(4)8-7-9(2)3/h5-6,8H,2,7H2,1,3-4H3. The second kappa shape index (κ2) is 5.04. The van der Waals surface area contributed by atoms with E-state index >= 15 is 0 Å². The molecule has 0 aromatic carbocycles. The van der Waals surface area contributed by atoms with E-state index in [1.54, 1.807) is 0 Å². The zero-order chi connectivity index (χ0) is 7.98. The van der Waals surface area contributed by atoms with Gasteiger partial charge in [-0.1, -0.05) is 36.0 Å². The van der Waals surface area contributed by atoms with Crippen LogP contribution in [0, 0.1) is 0 Å². The molecule has 0 aromatic heterocycles. The fourth-order valence-corrected chi connectivity index (χ4v) is 0.666. The summed E-state index contributed by atoms with van der Waals surface area (Å²) in [4.78, 5) is 0. The van der Waals surface area contributed by atoms with Gasteiger partial charge in [-0.3, -0.25) is 0 Å². The van der Waals surface area contributed by atoms with Crippen molar-refractivity contribution in [2.24, 2.45) is 0 Å². The average Bonchev–Trinajstić information content (AvgIpc) is 1.85. The summed E-state index contributed by atoms with van der Waals surface area (Å²) in [6.07, 6.45) is 7.33. The van der Waals surface area contributed by atoms with Crippen molar-refractivity contribution in [3.8, 4) is 0 Å². The van der Waals surface area contributed by atoms with Crippen LogP contribution < -0.4 is 0 Å².